The van der Waals surface area contributed by atoms with E-state index in [1.54, 1.807) is 23.1 Å². The van der Waals surface area contributed by atoms with Gasteiger partial charge in [0, 0.05) is 24.7 Å². The molecule has 21 heavy (non-hydrogen) atoms. The van der Waals surface area contributed by atoms with Crippen molar-refractivity contribution in [2.24, 2.45) is 5.92 Å². The van der Waals surface area contributed by atoms with Crippen LogP contribution in [-0.4, -0.2) is 46.7 Å². The van der Waals surface area contributed by atoms with Crippen molar-refractivity contribution in [1.82, 2.24) is 9.80 Å². The number of nitrogens with two attached hydrogens (primary N) is 1. The second-order valence-electron chi connectivity index (χ2n) is 5.92. The molecule has 108 valence electrons. The fourth-order valence-corrected chi connectivity index (χ4v) is 3.05. The summed E-state index contributed by atoms with van der Waals surface area (Å²) < 4.78 is 0. The van der Waals surface area contributed by atoms with Crippen molar-refractivity contribution in [2.75, 3.05) is 18.8 Å². The second-order valence-corrected chi connectivity index (χ2v) is 5.92. The third-order valence-electron chi connectivity index (χ3n) is 4.44. The number of carbonyl (C=O) groups excluding carboxylic acids is 3. The predicted molar refractivity (Wildman–Crippen MR) is 74.4 cm³/mol. The summed E-state index contributed by atoms with van der Waals surface area (Å²) in [6.45, 7) is 0.890. The quantitative estimate of drug-likeness (QED) is 0.633. The zero-order valence-corrected chi connectivity index (χ0v) is 11.4. The second kappa shape index (κ2) is 4.07. The number of rotatable bonds is 2. The maximum Gasteiger partial charge on any atom is 0.264 e. The molecule has 1 saturated heterocycles. The van der Waals surface area contributed by atoms with Gasteiger partial charge in [-0.25, -0.2) is 0 Å². The maximum absolute atomic E-state index is 12.4. The highest BCUT2D eigenvalue weighted by molar-refractivity contribution is 6.23. The molecule has 6 nitrogen and oxygen atoms in total. The number of amides is 3. The summed E-state index contributed by atoms with van der Waals surface area (Å²) in [5, 5.41) is 0. The largest absolute Gasteiger partial charge is 0.398 e. The maximum atomic E-state index is 12.4. The van der Waals surface area contributed by atoms with Gasteiger partial charge in [-0.15, -0.1) is 0 Å². The van der Waals surface area contributed by atoms with Crippen molar-refractivity contribution in [3.8, 4) is 0 Å². The Kier molecular flexibility index (Phi) is 2.40. The molecule has 0 atom stereocenters. The van der Waals surface area contributed by atoms with E-state index in [4.69, 9.17) is 5.73 Å². The van der Waals surface area contributed by atoms with Gasteiger partial charge in [-0.05, 0) is 25.0 Å². The molecule has 2 N–H and O–H groups in total. The van der Waals surface area contributed by atoms with E-state index in [1.165, 1.54) is 4.90 Å². The summed E-state index contributed by atoms with van der Waals surface area (Å²) in [7, 11) is 0. The topological polar surface area (TPSA) is 83.7 Å². The van der Waals surface area contributed by atoms with Crippen LogP contribution in [0.25, 0.3) is 0 Å². The van der Waals surface area contributed by atoms with E-state index >= 15 is 0 Å². The fraction of sp³-hybridized carbons (Fsp3) is 0.400. The molecule has 2 aliphatic heterocycles. The van der Waals surface area contributed by atoms with Crippen molar-refractivity contribution in [3.05, 3.63) is 29.3 Å². The number of fused-ring (bicyclic) bond motifs is 1. The molecule has 0 bridgehead atoms. The highest BCUT2D eigenvalue weighted by Gasteiger charge is 2.48. The summed E-state index contributed by atoms with van der Waals surface area (Å²) in [6, 6.07) is 4.70. The molecule has 3 amide bonds. The summed E-state index contributed by atoms with van der Waals surface area (Å²) in [4.78, 5) is 39.7. The molecule has 3 aliphatic rings. The molecule has 1 aliphatic carbocycles. The van der Waals surface area contributed by atoms with E-state index in [9.17, 15) is 14.4 Å². The van der Waals surface area contributed by atoms with E-state index in [-0.39, 0.29) is 29.7 Å². The van der Waals surface area contributed by atoms with Crippen LogP contribution in [-0.2, 0) is 4.79 Å². The lowest BCUT2D eigenvalue weighted by molar-refractivity contribution is -0.138. The highest BCUT2D eigenvalue weighted by Crippen LogP contribution is 2.35. The van der Waals surface area contributed by atoms with Crippen molar-refractivity contribution < 1.29 is 14.4 Å². The van der Waals surface area contributed by atoms with Crippen LogP contribution >= 0.6 is 0 Å². The lowest BCUT2D eigenvalue weighted by Gasteiger charge is -2.43. The van der Waals surface area contributed by atoms with Gasteiger partial charge in [0.2, 0.25) is 5.91 Å². The number of carbonyl (C=O) groups is 3. The molecule has 1 aromatic carbocycles. The Morgan fingerprint density at radius 1 is 1.14 bits per heavy atom. The van der Waals surface area contributed by atoms with Crippen LogP contribution in [0, 0.1) is 5.92 Å². The van der Waals surface area contributed by atoms with Gasteiger partial charge in [-0.1, -0.05) is 6.07 Å². The number of likely N-dealkylation sites (tertiary alicyclic amines) is 1. The molecule has 6 heteroatoms. The first-order valence-electron chi connectivity index (χ1n) is 7.13. The number of anilines is 1. The van der Waals surface area contributed by atoms with Gasteiger partial charge in [-0.3, -0.25) is 19.3 Å². The third kappa shape index (κ3) is 1.68. The minimum absolute atomic E-state index is 0.155. The fourth-order valence-electron chi connectivity index (χ4n) is 3.05. The minimum atomic E-state index is -0.336. The Morgan fingerprint density at radius 2 is 1.86 bits per heavy atom. The number of nitrogens with zero attached hydrogens (tertiary/aromatic N) is 2. The van der Waals surface area contributed by atoms with Crippen LogP contribution < -0.4 is 5.73 Å². The van der Waals surface area contributed by atoms with Gasteiger partial charge in [0.25, 0.3) is 11.8 Å². The lowest BCUT2D eigenvalue weighted by Crippen LogP contribution is -2.62. The van der Waals surface area contributed by atoms with Gasteiger partial charge in [0.15, 0.2) is 0 Å². The van der Waals surface area contributed by atoms with Gasteiger partial charge < -0.3 is 10.6 Å². The van der Waals surface area contributed by atoms with Gasteiger partial charge in [0.1, 0.15) is 0 Å². The smallest absolute Gasteiger partial charge is 0.264 e. The lowest BCUT2D eigenvalue weighted by atomic mass is 10.1. The number of nitrogen functional groups attached to an aromatic ring is 1. The van der Waals surface area contributed by atoms with Gasteiger partial charge >= 0.3 is 0 Å². The monoisotopic (exact) mass is 285 g/mol. The van der Waals surface area contributed by atoms with Crippen molar-refractivity contribution in [1.29, 1.82) is 0 Å². The summed E-state index contributed by atoms with van der Waals surface area (Å²) >= 11 is 0. The average Bonchev–Trinajstić information content (AvgIpc) is 3.21. The van der Waals surface area contributed by atoms with Crippen LogP contribution in [0.15, 0.2) is 18.2 Å². The summed E-state index contributed by atoms with van der Waals surface area (Å²) in [5.41, 5.74) is 6.81. The van der Waals surface area contributed by atoms with E-state index < -0.39 is 0 Å². The van der Waals surface area contributed by atoms with E-state index in [2.05, 4.69) is 0 Å². The molecule has 0 spiro atoms. The average molecular weight is 285 g/mol. The molecule has 0 unspecified atom stereocenters. The molecule has 0 aromatic heterocycles. The molecule has 1 aromatic rings. The van der Waals surface area contributed by atoms with Crippen molar-refractivity contribution >= 4 is 23.4 Å². The zero-order valence-electron chi connectivity index (χ0n) is 11.4. The number of imide groups is 1. The van der Waals surface area contributed by atoms with Gasteiger partial charge in [-0.2, -0.15) is 0 Å². The summed E-state index contributed by atoms with van der Waals surface area (Å²) in [5.74, 6) is -0.311. The van der Waals surface area contributed by atoms with Crippen LogP contribution in [0.3, 0.4) is 0 Å². The van der Waals surface area contributed by atoms with E-state index in [0.717, 1.165) is 12.8 Å². The molecule has 4 rings (SSSR count). The number of hydrogen-bond acceptors (Lipinski definition) is 4. The van der Waals surface area contributed by atoms with Crippen LogP contribution in [0.4, 0.5) is 5.69 Å². The SMILES string of the molecule is Nc1cccc2c1C(=O)N(C1CN(C(=O)C3CC3)C1)C2=O. The molecular weight excluding hydrogens is 270 g/mol. The molecule has 0 radical (unpaired) electrons. The summed E-state index contributed by atoms with van der Waals surface area (Å²) in [6.07, 6.45) is 1.92. The number of benzene rings is 1. The zero-order chi connectivity index (χ0) is 14.7. The first-order chi connectivity index (χ1) is 10.1. The third-order valence-corrected chi connectivity index (χ3v) is 4.44. The first-order valence-corrected chi connectivity index (χ1v) is 7.13. The van der Waals surface area contributed by atoms with Crippen LogP contribution in [0.1, 0.15) is 33.6 Å². The Balaban J connectivity index is 1.53. The van der Waals surface area contributed by atoms with Crippen LogP contribution in [0.5, 0.6) is 0 Å². The Morgan fingerprint density at radius 3 is 2.48 bits per heavy atom. The predicted octanol–water partition coefficient (Wildman–Crippen LogP) is 0.486. The molecule has 2 fully saturated rings. The highest BCUT2D eigenvalue weighted by atomic mass is 16.2. The standard InChI is InChI=1S/C15H15N3O3/c16-11-3-1-2-10-12(11)15(21)18(14(10)20)9-6-17(7-9)13(19)8-4-5-8/h1-3,8-9H,4-7,16H2. The normalized spacial score (nSPS) is 21.5. The minimum Gasteiger partial charge on any atom is -0.398 e. The Hall–Kier alpha value is -2.37. The number of hydrogen-bond donors (Lipinski definition) is 1. The Bertz CT molecular complexity index is 675. The van der Waals surface area contributed by atoms with E-state index in [0.29, 0.717) is 29.9 Å². The first kappa shape index (κ1) is 12.4. The van der Waals surface area contributed by atoms with Gasteiger partial charge in [0.05, 0.1) is 17.2 Å². The van der Waals surface area contributed by atoms with Crippen molar-refractivity contribution in [3.63, 3.8) is 0 Å². The van der Waals surface area contributed by atoms with Crippen molar-refractivity contribution in [2.45, 2.75) is 18.9 Å². The molecule has 2 heterocycles. The molecule has 1 saturated carbocycles. The molecular formula is C15H15N3O3. The van der Waals surface area contributed by atoms with E-state index in [1.807, 2.05) is 0 Å². The Labute approximate surface area is 121 Å². The van der Waals surface area contributed by atoms with Crippen LogP contribution in [0.2, 0.25) is 0 Å².